The van der Waals surface area contributed by atoms with Crippen LogP contribution < -0.4 is 9.64 Å². The van der Waals surface area contributed by atoms with Crippen LogP contribution in [0.1, 0.15) is 50.8 Å². The van der Waals surface area contributed by atoms with Gasteiger partial charge in [0, 0.05) is 17.3 Å². The van der Waals surface area contributed by atoms with E-state index in [1.165, 1.54) is 4.90 Å². The van der Waals surface area contributed by atoms with Crippen LogP contribution in [0, 0.1) is 0 Å². The molecule has 33 heavy (non-hydrogen) atoms. The van der Waals surface area contributed by atoms with Gasteiger partial charge < -0.3 is 20.1 Å². The molecule has 0 aliphatic rings. The predicted molar refractivity (Wildman–Crippen MR) is 127 cm³/mol. The summed E-state index contributed by atoms with van der Waals surface area (Å²) in [7, 11) is 1.61. The molecule has 0 fully saturated rings. The van der Waals surface area contributed by atoms with Gasteiger partial charge in [-0.05, 0) is 52.3 Å². The summed E-state index contributed by atoms with van der Waals surface area (Å²) >= 11 is 1.11. The van der Waals surface area contributed by atoms with Crippen LogP contribution in [0.15, 0.2) is 30.5 Å². The van der Waals surface area contributed by atoms with Gasteiger partial charge in [-0.1, -0.05) is 23.5 Å². The summed E-state index contributed by atoms with van der Waals surface area (Å²) < 4.78 is 6.88. The molecule has 0 spiro atoms. The maximum atomic E-state index is 12.0. The molecule has 178 valence electrons. The number of aliphatic hydroxyl groups is 2. The summed E-state index contributed by atoms with van der Waals surface area (Å²) in [6, 6.07) is 7.57. The summed E-state index contributed by atoms with van der Waals surface area (Å²) in [6.45, 7) is 8.70. The minimum absolute atomic E-state index is 0.244. The van der Waals surface area contributed by atoms with E-state index >= 15 is 0 Å². The number of rotatable bonds is 7. The lowest BCUT2D eigenvalue weighted by Crippen LogP contribution is -2.45. The maximum Gasteiger partial charge on any atom is 0.414 e. The number of anilines is 1. The Morgan fingerprint density at radius 2 is 1.82 bits per heavy atom. The topological polar surface area (TPSA) is 121 Å². The first-order valence-electron chi connectivity index (χ1n) is 10.4. The third-order valence-electron chi connectivity index (χ3n) is 4.97. The molecule has 0 saturated carbocycles. The molecule has 1 amide bonds. The van der Waals surface area contributed by atoms with E-state index in [1.54, 1.807) is 52.6 Å². The molecular weight excluding hydrogens is 444 g/mol. The second-order valence-corrected chi connectivity index (χ2v) is 10.2. The molecule has 0 bridgehead atoms. The minimum atomic E-state index is -1.28. The van der Waals surface area contributed by atoms with Crippen molar-refractivity contribution in [2.45, 2.75) is 58.9 Å². The van der Waals surface area contributed by atoms with Crippen LogP contribution in [0.5, 0.6) is 5.75 Å². The van der Waals surface area contributed by atoms with Crippen molar-refractivity contribution in [3.05, 3.63) is 46.6 Å². The third kappa shape index (κ3) is 5.35. The molecular formula is C23H30N4O5S. The highest BCUT2D eigenvalue weighted by atomic mass is 32.1. The molecule has 0 atom stereocenters. The number of benzene rings is 1. The molecule has 3 N–H and O–H groups in total. The Kier molecular flexibility index (Phi) is 6.83. The van der Waals surface area contributed by atoms with Gasteiger partial charge in [0.25, 0.3) is 0 Å². The number of aliphatic hydroxyl groups excluding tert-OH is 1. The normalized spacial score (nSPS) is 12.1. The summed E-state index contributed by atoms with van der Waals surface area (Å²) in [4.78, 5) is 18.3. The highest BCUT2D eigenvalue weighted by Gasteiger charge is 2.35. The number of thiazole rings is 1. The standard InChI is InChI=1S/C23H30N4O5S/c1-22(2,3)27(21(29)30)20-24-18(19(33-20)23(4,5)31)16-12-26(25-17(16)13-28)11-14-7-9-15(32-6)10-8-14/h7-10,12,28,31H,11,13H2,1-6H3,(H,29,30). The van der Waals surface area contributed by atoms with Gasteiger partial charge in [-0.2, -0.15) is 5.10 Å². The van der Waals surface area contributed by atoms with Crippen molar-refractivity contribution in [1.29, 1.82) is 0 Å². The zero-order chi connectivity index (χ0) is 24.6. The van der Waals surface area contributed by atoms with Gasteiger partial charge in [0.1, 0.15) is 5.75 Å². The first-order valence-corrected chi connectivity index (χ1v) is 11.2. The van der Waals surface area contributed by atoms with Crippen molar-refractivity contribution in [2.75, 3.05) is 12.0 Å². The Morgan fingerprint density at radius 3 is 2.30 bits per heavy atom. The molecule has 2 aromatic heterocycles. The quantitative estimate of drug-likeness (QED) is 0.472. The monoisotopic (exact) mass is 474 g/mol. The number of hydrogen-bond acceptors (Lipinski definition) is 7. The molecule has 2 heterocycles. The molecule has 0 radical (unpaired) electrons. The van der Waals surface area contributed by atoms with Crippen molar-refractivity contribution >= 4 is 22.6 Å². The maximum absolute atomic E-state index is 12.0. The summed E-state index contributed by atoms with van der Waals surface area (Å²) in [6.07, 6.45) is 0.620. The van der Waals surface area contributed by atoms with Crippen molar-refractivity contribution in [3.63, 3.8) is 0 Å². The number of carbonyl (C=O) groups is 1. The number of aromatic nitrogens is 3. The van der Waals surface area contributed by atoms with Crippen molar-refractivity contribution in [3.8, 4) is 17.0 Å². The van der Waals surface area contributed by atoms with Crippen LogP contribution >= 0.6 is 11.3 Å². The van der Waals surface area contributed by atoms with Gasteiger partial charge in [-0.15, -0.1) is 0 Å². The molecule has 1 aromatic carbocycles. The second-order valence-electron chi connectivity index (χ2n) is 9.22. The van der Waals surface area contributed by atoms with Crippen LogP contribution in [-0.2, 0) is 18.8 Å². The van der Waals surface area contributed by atoms with Crippen LogP contribution in [0.3, 0.4) is 0 Å². The van der Waals surface area contributed by atoms with Gasteiger partial charge in [-0.25, -0.2) is 14.7 Å². The van der Waals surface area contributed by atoms with Crippen LogP contribution in [0.4, 0.5) is 9.93 Å². The van der Waals surface area contributed by atoms with Crippen molar-refractivity contribution in [2.24, 2.45) is 0 Å². The lowest BCUT2D eigenvalue weighted by atomic mass is 10.0. The van der Waals surface area contributed by atoms with Gasteiger partial charge in [-0.3, -0.25) is 4.68 Å². The average molecular weight is 475 g/mol. The summed E-state index contributed by atoms with van der Waals surface area (Å²) in [5, 5.41) is 35.3. The highest BCUT2D eigenvalue weighted by Crippen LogP contribution is 2.42. The van der Waals surface area contributed by atoms with E-state index in [2.05, 4.69) is 10.1 Å². The SMILES string of the molecule is COc1ccc(Cn2cc(-c3nc(N(C(=O)O)C(C)(C)C)sc3C(C)(C)O)c(CO)n2)cc1. The fourth-order valence-electron chi connectivity index (χ4n) is 3.43. The molecule has 0 unspecified atom stereocenters. The predicted octanol–water partition coefficient (Wildman–Crippen LogP) is 4.07. The van der Waals surface area contributed by atoms with Gasteiger partial charge in [0.05, 0.1) is 42.1 Å². The van der Waals surface area contributed by atoms with Gasteiger partial charge >= 0.3 is 6.09 Å². The van der Waals surface area contributed by atoms with Crippen molar-refractivity contribution < 1.29 is 24.9 Å². The lowest BCUT2D eigenvalue weighted by molar-refractivity contribution is 0.0829. The number of ether oxygens (including phenoxy) is 1. The number of carboxylic acid groups (broad SMARTS) is 1. The average Bonchev–Trinajstić information content (AvgIpc) is 3.31. The Balaban J connectivity index is 2.09. The van der Waals surface area contributed by atoms with E-state index in [0.29, 0.717) is 28.4 Å². The molecule has 10 heteroatoms. The first kappa shape index (κ1) is 24.7. The smallest absolute Gasteiger partial charge is 0.414 e. The Labute approximate surface area is 196 Å². The molecule has 0 aliphatic carbocycles. The van der Waals surface area contributed by atoms with E-state index in [4.69, 9.17) is 4.74 Å². The van der Waals surface area contributed by atoms with E-state index in [1.807, 2.05) is 24.3 Å². The molecule has 3 rings (SSSR count). The van der Waals surface area contributed by atoms with E-state index in [0.717, 1.165) is 22.6 Å². The van der Waals surface area contributed by atoms with Crippen LogP contribution in [0.25, 0.3) is 11.3 Å². The highest BCUT2D eigenvalue weighted by molar-refractivity contribution is 7.16. The zero-order valence-electron chi connectivity index (χ0n) is 19.7. The number of amides is 1. The lowest BCUT2D eigenvalue weighted by Gasteiger charge is -2.30. The number of hydrogen-bond donors (Lipinski definition) is 3. The van der Waals surface area contributed by atoms with E-state index in [-0.39, 0.29) is 11.7 Å². The van der Waals surface area contributed by atoms with Crippen molar-refractivity contribution in [1.82, 2.24) is 14.8 Å². The third-order valence-corrected chi connectivity index (χ3v) is 6.33. The second kappa shape index (κ2) is 9.12. The Morgan fingerprint density at radius 1 is 1.18 bits per heavy atom. The van der Waals surface area contributed by atoms with Gasteiger partial charge in [0.2, 0.25) is 0 Å². The minimum Gasteiger partial charge on any atom is -0.497 e. The zero-order valence-corrected chi connectivity index (χ0v) is 20.5. The molecule has 9 nitrogen and oxygen atoms in total. The fraction of sp³-hybridized carbons (Fsp3) is 0.435. The first-order chi connectivity index (χ1) is 15.3. The summed E-state index contributed by atoms with van der Waals surface area (Å²) in [5.41, 5.74) is 0.311. The summed E-state index contributed by atoms with van der Waals surface area (Å²) in [5.74, 6) is 0.752. The molecule has 0 aliphatic heterocycles. The fourth-order valence-corrected chi connectivity index (χ4v) is 4.70. The molecule has 3 aromatic rings. The van der Waals surface area contributed by atoms with Gasteiger partial charge in [0.15, 0.2) is 5.13 Å². The Hall–Kier alpha value is -2.95. The van der Waals surface area contributed by atoms with Crippen LogP contribution in [-0.4, -0.2) is 48.8 Å². The molecule has 0 saturated heterocycles. The largest absolute Gasteiger partial charge is 0.497 e. The van der Waals surface area contributed by atoms with E-state index in [9.17, 15) is 20.1 Å². The van der Waals surface area contributed by atoms with E-state index < -0.39 is 17.2 Å². The van der Waals surface area contributed by atoms with Crippen LogP contribution in [0.2, 0.25) is 0 Å². The number of nitrogens with zero attached hydrogens (tertiary/aromatic N) is 4. The Bertz CT molecular complexity index is 1120. The number of methoxy groups -OCH3 is 1.